The highest BCUT2D eigenvalue weighted by atomic mass is 127. The van der Waals surface area contributed by atoms with E-state index >= 15 is 0 Å². The first-order valence-corrected chi connectivity index (χ1v) is 9.89. The van der Waals surface area contributed by atoms with Crippen LogP contribution in [-0.2, 0) is 13.0 Å². The topological polar surface area (TPSA) is 67.8 Å². The molecule has 0 aliphatic heterocycles. The summed E-state index contributed by atoms with van der Waals surface area (Å²) >= 11 is 0. The molecule has 2 aromatic carbocycles. The molecule has 0 radical (unpaired) electrons. The van der Waals surface area contributed by atoms with Crippen molar-refractivity contribution in [2.45, 2.75) is 13.0 Å². The number of benzene rings is 2. The third-order valence-corrected chi connectivity index (χ3v) is 4.73. The van der Waals surface area contributed by atoms with Crippen LogP contribution in [0, 0.1) is 0 Å². The fraction of sp³-hybridized carbons (Fsp3) is 0.250. The standard InChI is InChI=1S/C24H28N4O2.HI/c1-25-24(27-14-12-18-10-11-22(29-2)23(16-18)30-3)28-17-19-7-6-8-20(15-19)21-9-4-5-13-26-21;/h4-11,13,15-16H,12,14,17H2,1-3H3,(H2,25,27,28);1H. The monoisotopic (exact) mass is 532 g/mol. The number of guanidine groups is 1. The molecule has 31 heavy (non-hydrogen) atoms. The molecule has 0 unspecified atom stereocenters. The number of aliphatic imine (C=N–C) groups is 1. The van der Waals surface area contributed by atoms with Gasteiger partial charge in [0.2, 0.25) is 0 Å². The summed E-state index contributed by atoms with van der Waals surface area (Å²) in [5, 5.41) is 6.72. The van der Waals surface area contributed by atoms with E-state index in [2.05, 4.69) is 38.8 Å². The third kappa shape index (κ3) is 7.13. The second-order valence-corrected chi connectivity index (χ2v) is 6.71. The molecule has 0 spiro atoms. The number of hydrogen-bond acceptors (Lipinski definition) is 4. The summed E-state index contributed by atoms with van der Waals surface area (Å²) in [4.78, 5) is 8.73. The number of rotatable bonds is 8. The Morgan fingerprint density at radius 2 is 1.74 bits per heavy atom. The van der Waals surface area contributed by atoms with Crippen LogP contribution < -0.4 is 20.1 Å². The second-order valence-electron chi connectivity index (χ2n) is 6.71. The number of ether oxygens (including phenoxy) is 2. The van der Waals surface area contributed by atoms with Crippen molar-refractivity contribution in [1.29, 1.82) is 0 Å². The zero-order chi connectivity index (χ0) is 21.2. The minimum atomic E-state index is 0. The van der Waals surface area contributed by atoms with E-state index < -0.39 is 0 Å². The Kier molecular flexibility index (Phi) is 10.1. The van der Waals surface area contributed by atoms with E-state index in [4.69, 9.17) is 9.47 Å². The first-order valence-electron chi connectivity index (χ1n) is 9.89. The van der Waals surface area contributed by atoms with Crippen molar-refractivity contribution in [2.24, 2.45) is 4.99 Å². The number of nitrogens with one attached hydrogen (secondary N) is 2. The van der Waals surface area contributed by atoms with Crippen molar-refractivity contribution in [2.75, 3.05) is 27.8 Å². The molecule has 6 nitrogen and oxygen atoms in total. The predicted molar refractivity (Wildman–Crippen MR) is 137 cm³/mol. The van der Waals surface area contributed by atoms with Crippen LogP contribution in [0.2, 0.25) is 0 Å². The maximum Gasteiger partial charge on any atom is 0.191 e. The predicted octanol–water partition coefficient (Wildman–Crippen LogP) is 4.29. The van der Waals surface area contributed by atoms with Crippen molar-refractivity contribution in [3.05, 3.63) is 78.0 Å². The van der Waals surface area contributed by atoms with Crippen molar-refractivity contribution in [1.82, 2.24) is 15.6 Å². The van der Waals surface area contributed by atoms with E-state index in [1.807, 2.05) is 48.7 Å². The number of halogens is 1. The fourth-order valence-electron chi connectivity index (χ4n) is 3.14. The van der Waals surface area contributed by atoms with Crippen LogP contribution in [0.15, 0.2) is 71.9 Å². The molecule has 3 rings (SSSR count). The lowest BCUT2D eigenvalue weighted by Crippen LogP contribution is -2.37. The average molecular weight is 532 g/mol. The van der Waals surface area contributed by atoms with Gasteiger partial charge in [0.1, 0.15) is 0 Å². The Balaban J connectivity index is 0.00000341. The summed E-state index contributed by atoms with van der Waals surface area (Å²) in [6, 6.07) is 20.3. The third-order valence-electron chi connectivity index (χ3n) is 4.73. The lowest BCUT2D eigenvalue weighted by molar-refractivity contribution is 0.354. The summed E-state index contributed by atoms with van der Waals surface area (Å²) in [7, 11) is 5.06. The molecule has 0 saturated heterocycles. The van der Waals surface area contributed by atoms with E-state index in [1.165, 1.54) is 11.1 Å². The summed E-state index contributed by atoms with van der Waals surface area (Å²) in [6.07, 6.45) is 2.65. The van der Waals surface area contributed by atoms with Gasteiger partial charge in [-0.05, 0) is 47.9 Å². The van der Waals surface area contributed by atoms with E-state index in [-0.39, 0.29) is 24.0 Å². The summed E-state index contributed by atoms with van der Waals surface area (Å²) in [6.45, 7) is 1.43. The zero-order valence-corrected chi connectivity index (χ0v) is 20.4. The molecule has 2 N–H and O–H groups in total. The van der Waals surface area contributed by atoms with Crippen LogP contribution >= 0.6 is 24.0 Å². The van der Waals surface area contributed by atoms with Crippen LogP contribution in [0.5, 0.6) is 11.5 Å². The van der Waals surface area contributed by atoms with Gasteiger partial charge in [0, 0.05) is 31.9 Å². The molecule has 0 saturated carbocycles. The Labute approximate surface area is 201 Å². The Morgan fingerprint density at radius 1 is 0.903 bits per heavy atom. The summed E-state index contributed by atoms with van der Waals surface area (Å²) in [5.74, 6) is 2.24. The maximum atomic E-state index is 5.37. The molecule has 0 fully saturated rings. The highest BCUT2D eigenvalue weighted by Crippen LogP contribution is 2.27. The van der Waals surface area contributed by atoms with Crippen LogP contribution in [0.25, 0.3) is 11.3 Å². The van der Waals surface area contributed by atoms with Crippen LogP contribution in [0.3, 0.4) is 0 Å². The average Bonchev–Trinajstić information content (AvgIpc) is 2.81. The summed E-state index contributed by atoms with van der Waals surface area (Å²) < 4.78 is 10.7. The van der Waals surface area contributed by atoms with Gasteiger partial charge in [0.25, 0.3) is 0 Å². The Bertz CT molecular complexity index is 980. The van der Waals surface area contributed by atoms with E-state index in [9.17, 15) is 0 Å². The van der Waals surface area contributed by atoms with Gasteiger partial charge < -0.3 is 20.1 Å². The highest BCUT2D eigenvalue weighted by molar-refractivity contribution is 14.0. The molecule has 7 heteroatoms. The molecule has 164 valence electrons. The first kappa shape index (κ1) is 24.5. The van der Waals surface area contributed by atoms with Crippen molar-refractivity contribution < 1.29 is 9.47 Å². The number of aromatic nitrogens is 1. The zero-order valence-electron chi connectivity index (χ0n) is 18.1. The van der Waals surface area contributed by atoms with Crippen LogP contribution in [-0.4, -0.2) is 38.8 Å². The smallest absolute Gasteiger partial charge is 0.191 e. The van der Waals surface area contributed by atoms with Gasteiger partial charge in [-0.2, -0.15) is 0 Å². The van der Waals surface area contributed by atoms with Gasteiger partial charge in [-0.3, -0.25) is 9.98 Å². The van der Waals surface area contributed by atoms with E-state index in [0.717, 1.165) is 41.7 Å². The first-order chi connectivity index (χ1) is 14.7. The van der Waals surface area contributed by atoms with Gasteiger partial charge in [-0.1, -0.05) is 30.3 Å². The normalized spacial score (nSPS) is 10.7. The molecule has 1 aromatic heterocycles. The van der Waals surface area contributed by atoms with Gasteiger partial charge in [-0.25, -0.2) is 0 Å². The van der Waals surface area contributed by atoms with E-state index in [0.29, 0.717) is 6.54 Å². The van der Waals surface area contributed by atoms with Gasteiger partial charge in [0.05, 0.1) is 19.9 Å². The van der Waals surface area contributed by atoms with Crippen molar-refractivity contribution >= 4 is 29.9 Å². The molecular formula is C24H29IN4O2. The van der Waals surface area contributed by atoms with Gasteiger partial charge >= 0.3 is 0 Å². The number of nitrogens with zero attached hydrogens (tertiary/aromatic N) is 2. The van der Waals surface area contributed by atoms with Gasteiger partial charge in [-0.15, -0.1) is 24.0 Å². The molecule has 1 heterocycles. The minimum Gasteiger partial charge on any atom is -0.493 e. The molecule has 3 aromatic rings. The maximum absolute atomic E-state index is 5.37. The van der Waals surface area contributed by atoms with Crippen molar-refractivity contribution in [3.63, 3.8) is 0 Å². The molecule has 0 aliphatic carbocycles. The fourth-order valence-corrected chi connectivity index (χ4v) is 3.14. The highest BCUT2D eigenvalue weighted by Gasteiger charge is 2.05. The molecule has 0 amide bonds. The minimum absolute atomic E-state index is 0. The van der Waals surface area contributed by atoms with Crippen LogP contribution in [0.1, 0.15) is 11.1 Å². The Hall–Kier alpha value is -2.81. The number of hydrogen-bond donors (Lipinski definition) is 2. The van der Waals surface area contributed by atoms with Gasteiger partial charge in [0.15, 0.2) is 17.5 Å². The number of pyridine rings is 1. The van der Waals surface area contributed by atoms with Crippen LogP contribution in [0.4, 0.5) is 0 Å². The lowest BCUT2D eigenvalue weighted by atomic mass is 10.1. The summed E-state index contributed by atoms with van der Waals surface area (Å²) in [5.41, 5.74) is 4.41. The number of methoxy groups -OCH3 is 2. The lowest BCUT2D eigenvalue weighted by Gasteiger charge is -2.13. The Morgan fingerprint density at radius 3 is 2.45 bits per heavy atom. The second kappa shape index (κ2) is 12.8. The quantitative estimate of drug-likeness (QED) is 0.258. The van der Waals surface area contributed by atoms with Crippen molar-refractivity contribution in [3.8, 4) is 22.8 Å². The largest absolute Gasteiger partial charge is 0.493 e. The SMILES string of the molecule is CN=C(NCCc1ccc(OC)c(OC)c1)NCc1cccc(-c2ccccn2)c1.I. The molecule has 0 atom stereocenters. The molecule has 0 aliphatic rings. The van der Waals surface area contributed by atoms with E-state index in [1.54, 1.807) is 21.3 Å². The molecule has 0 bridgehead atoms. The molecular weight excluding hydrogens is 503 g/mol.